The Kier molecular flexibility index (Phi) is 5.15. The Morgan fingerprint density at radius 1 is 1.78 bits per heavy atom. The summed E-state index contributed by atoms with van der Waals surface area (Å²) in [5, 5.41) is 8.58. The quantitative estimate of drug-likeness (QED) is 0.313. The third-order valence-corrected chi connectivity index (χ3v) is 0.578. The van der Waals surface area contributed by atoms with Crippen molar-refractivity contribution in [1.82, 2.24) is 0 Å². The van der Waals surface area contributed by atoms with Gasteiger partial charge in [-0.2, -0.15) is 0 Å². The molecule has 1 unspecified atom stereocenters. The van der Waals surface area contributed by atoms with Gasteiger partial charge in [-0.25, -0.2) is 0 Å². The first kappa shape index (κ1) is 8.39. The lowest BCUT2D eigenvalue weighted by Gasteiger charge is -2.03. The standard InChI is InChI=1S/C5H10O4/c1-5(7)2-8-4-9-3-6/h3,5,7H,2,4H2,1H3. The molecule has 0 aromatic rings. The van der Waals surface area contributed by atoms with Crippen LogP contribution in [0.4, 0.5) is 0 Å². The second-order valence-corrected chi connectivity index (χ2v) is 1.60. The van der Waals surface area contributed by atoms with E-state index in [1.807, 2.05) is 0 Å². The Morgan fingerprint density at radius 3 is 2.89 bits per heavy atom. The Bertz CT molecular complexity index is 71.4. The zero-order chi connectivity index (χ0) is 7.11. The van der Waals surface area contributed by atoms with E-state index in [1.165, 1.54) is 0 Å². The lowest BCUT2D eigenvalue weighted by Crippen LogP contribution is -2.11. The summed E-state index contributed by atoms with van der Waals surface area (Å²) >= 11 is 0. The van der Waals surface area contributed by atoms with Crippen molar-refractivity contribution in [2.24, 2.45) is 0 Å². The first-order chi connectivity index (χ1) is 4.27. The van der Waals surface area contributed by atoms with Crippen molar-refractivity contribution in [1.29, 1.82) is 0 Å². The van der Waals surface area contributed by atoms with Crippen molar-refractivity contribution < 1.29 is 19.4 Å². The summed E-state index contributed by atoms with van der Waals surface area (Å²) in [5.74, 6) is 0. The molecular weight excluding hydrogens is 124 g/mol. The van der Waals surface area contributed by atoms with Gasteiger partial charge in [0.05, 0.1) is 12.7 Å². The molecule has 0 heterocycles. The van der Waals surface area contributed by atoms with Gasteiger partial charge in [0.1, 0.15) is 0 Å². The normalized spacial score (nSPS) is 12.7. The maximum absolute atomic E-state index is 9.48. The molecule has 1 N–H and O–H groups in total. The van der Waals surface area contributed by atoms with Crippen LogP contribution in [0.5, 0.6) is 0 Å². The van der Waals surface area contributed by atoms with Crippen molar-refractivity contribution in [2.45, 2.75) is 13.0 Å². The van der Waals surface area contributed by atoms with E-state index in [0.29, 0.717) is 6.47 Å². The second-order valence-electron chi connectivity index (χ2n) is 1.60. The Morgan fingerprint density at radius 2 is 2.44 bits per heavy atom. The molecule has 9 heavy (non-hydrogen) atoms. The summed E-state index contributed by atoms with van der Waals surface area (Å²) in [6.45, 7) is 1.98. The summed E-state index contributed by atoms with van der Waals surface area (Å²) in [5.41, 5.74) is 0. The third-order valence-electron chi connectivity index (χ3n) is 0.578. The Hall–Kier alpha value is -0.610. The summed E-state index contributed by atoms with van der Waals surface area (Å²) in [6.07, 6.45) is -0.514. The Labute approximate surface area is 53.4 Å². The van der Waals surface area contributed by atoms with Crippen molar-refractivity contribution in [3.63, 3.8) is 0 Å². The van der Waals surface area contributed by atoms with Gasteiger partial charge in [0.2, 0.25) is 0 Å². The molecule has 0 aliphatic heterocycles. The van der Waals surface area contributed by atoms with Crippen LogP contribution in [0.3, 0.4) is 0 Å². The van der Waals surface area contributed by atoms with Crippen LogP contribution >= 0.6 is 0 Å². The van der Waals surface area contributed by atoms with Crippen molar-refractivity contribution >= 4 is 6.47 Å². The van der Waals surface area contributed by atoms with Crippen molar-refractivity contribution in [3.05, 3.63) is 0 Å². The minimum atomic E-state index is -0.514. The average Bonchev–Trinajstić information content (AvgIpc) is 1.80. The molecule has 0 aliphatic carbocycles. The fourth-order valence-electron chi connectivity index (χ4n) is 0.295. The van der Waals surface area contributed by atoms with Gasteiger partial charge in [-0.15, -0.1) is 0 Å². The first-order valence-electron chi connectivity index (χ1n) is 2.58. The van der Waals surface area contributed by atoms with Crippen LogP contribution in [0.25, 0.3) is 0 Å². The summed E-state index contributed by atoms with van der Waals surface area (Å²) in [4.78, 5) is 9.48. The van der Waals surface area contributed by atoms with Gasteiger partial charge in [0.15, 0.2) is 6.79 Å². The SMILES string of the molecule is CC(O)COCOC=O. The van der Waals surface area contributed by atoms with E-state index in [2.05, 4.69) is 9.47 Å². The smallest absolute Gasteiger partial charge is 0.295 e. The van der Waals surface area contributed by atoms with Gasteiger partial charge in [-0.05, 0) is 6.92 Å². The van der Waals surface area contributed by atoms with Crippen molar-refractivity contribution in [3.8, 4) is 0 Å². The number of hydrogen-bond acceptors (Lipinski definition) is 4. The second kappa shape index (κ2) is 5.53. The molecule has 0 saturated carbocycles. The van der Waals surface area contributed by atoms with E-state index in [4.69, 9.17) is 5.11 Å². The van der Waals surface area contributed by atoms with Gasteiger partial charge >= 0.3 is 0 Å². The van der Waals surface area contributed by atoms with E-state index < -0.39 is 6.10 Å². The zero-order valence-corrected chi connectivity index (χ0v) is 5.24. The number of carbonyl (C=O) groups excluding carboxylic acids is 1. The number of rotatable bonds is 5. The zero-order valence-electron chi connectivity index (χ0n) is 5.24. The average molecular weight is 134 g/mol. The number of aliphatic hydroxyl groups excluding tert-OH is 1. The summed E-state index contributed by atoms with van der Waals surface area (Å²) < 4.78 is 8.80. The minimum absolute atomic E-state index is 0.0889. The number of aliphatic hydroxyl groups is 1. The summed E-state index contributed by atoms with van der Waals surface area (Å²) in [7, 11) is 0. The highest BCUT2D eigenvalue weighted by molar-refractivity contribution is 5.36. The molecule has 0 aromatic heterocycles. The van der Waals surface area contributed by atoms with Gasteiger partial charge in [-0.1, -0.05) is 0 Å². The van der Waals surface area contributed by atoms with Crippen LogP contribution in [-0.4, -0.2) is 31.1 Å². The minimum Gasteiger partial charge on any atom is -0.441 e. The van der Waals surface area contributed by atoms with E-state index in [9.17, 15) is 4.79 Å². The molecule has 0 bridgehead atoms. The van der Waals surface area contributed by atoms with Crippen LogP contribution in [-0.2, 0) is 14.3 Å². The highest BCUT2D eigenvalue weighted by Crippen LogP contribution is 1.81. The molecule has 0 spiro atoms. The molecule has 0 amide bonds. The van der Waals surface area contributed by atoms with Gasteiger partial charge in [-0.3, -0.25) is 4.79 Å². The molecule has 0 aromatic carbocycles. The molecule has 0 fully saturated rings. The van der Waals surface area contributed by atoms with E-state index >= 15 is 0 Å². The first-order valence-corrected chi connectivity index (χ1v) is 2.58. The number of carbonyl (C=O) groups is 1. The van der Waals surface area contributed by atoms with Crippen LogP contribution in [0, 0.1) is 0 Å². The third kappa shape index (κ3) is 7.39. The molecule has 54 valence electrons. The van der Waals surface area contributed by atoms with E-state index in [0.717, 1.165) is 0 Å². The van der Waals surface area contributed by atoms with Gasteiger partial charge in [0, 0.05) is 0 Å². The van der Waals surface area contributed by atoms with E-state index in [1.54, 1.807) is 6.92 Å². The fraction of sp³-hybridized carbons (Fsp3) is 0.800. The largest absolute Gasteiger partial charge is 0.441 e. The highest BCUT2D eigenvalue weighted by atomic mass is 16.7. The molecular formula is C5H10O4. The monoisotopic (exact) mass is 134 g/mol. The van der Waals surface area contributed by atoms with Gasteiger partial charge < -0.3 is 14.6 Å². The molecule has 0 radical (unpaired) electrons. The summed E-state index contributed by atoms with van der Waals surface area (Å²) in [6, 6.07) is 0. The highest BCUT2D eigenvalue weighted by Gasteiger charge is 1.92. The topological polar surface area (TPSA) is 55.8 Å². The fourth-order valence-corrected chi connectivity index (χ4v) is 0.295. The van der Waals surface area contributed by atoms with Crippen LogP contribution in [0.1, 0.15) is 6.92 Å². The van der Waals surface area contributed by atoms with Crippen LogP contribution in [0.2, 0.25) is 0 Å². The lowest BCUT2D eigenvalue weighted by atomic mass is 10.5. The molecule has 1 atom stereocenters. The molecule has 0 rings (SSSR count). The maximum Gasteiger partial charge on any atom is 0.295 e. The molecule has 4 heteroatoms. The molecule has 0 saturated heterocycles. The van der Waals surface area contributed by atoms with E-state index in [-0.39, 0.29) is 13.4 Å². The van der Waals surface area contributed by atoms with Gasteiger partial charge in [0.25, 0.3) is 6.47 Å². The predicted octanol–water partition coefficient (Wildman–Crippen LogP) is -0.486. The number of hydrogen-bond donors (Lipinski definition) is 1. The van der Waals surface area contributed by atoms with Crippen LogP contribution in [0.15, 0.2) is 0 Å². The maximum atomic E-state index is 9.48. The Balaban J connectivity index is 2.82. The predicted molar refractivity (Wildman–Crippen MR) is 29.6 cm³/mol. The molecule has 4 nitrogen and oxygen atoms in total. The molecule has 0 aliphatic rings. The van der Waals surface area contributed by atoms with Crippen molar-refractivity contribution in [2.75, 3.05) is 13.4 Å². The lowest BCUT2D eigenvalue weighted by molar-refractivity contribution is -0.142. The van der Waals surface area contributed by atoms with Crippen LogP contribution < -0.4 is 0 Å². The number of ether oxygens (including phenoxy) is 2.